The van der Waals surface area contributed by atoms with Crippen molar-refractivity contribution in [2.45, 2.75) is 68.8 Å². The number of carbonyl (C=O) groups is 2. The van der Waals surface area contributed by atoms with Crippen LogP contribution in [0.5, 0.6) is 0 Å². The van der Waals surface area contributed by atoms with E-state index in [0.717, 1.165) is 47.9 Å². The summed E-state index contributed by atoms with van der Waals surface area (Å²) in [4.78, 5) is 37.2. The predicted octanol–water partition coefficient (Wildman–Crippen LogP) is 4.11. The largest absolute Gasteiger partial charge is 0.351 e. The maximum Gasteiger partial charge on any atom is 0.329 e. The zero-order valence-corrected chi connectivity index (χ0v) is 33.0. The molecule has 5 aromatic rings. The lowest BCUT2D eigenvalue weighted by Crippen LogP contribution is -2.49. The van der Waals surface area contributed by atoms with E-state index in [-0.39, 0.29) is 29.3 Å². The number of nitrogens with one attached hydrogen (secondary N) is 2. The van der Waals surface area contributed by atoms with E-state index in [2.05, 4.69) is 65.7 Å². The number of fused-ring (bicyclic) bond motifs is 2. The van der Waals surface area contributed by atoms with Gasteiger partial charge in [-0.05, 0) is 94.4 Å². The lowest BCUT2D eigenvalue weighted by atomic mass is 9.89. The van der Waals surface area contributed by atoms with Gasteiger partial charge in [0.15, 0.2) is 11.5 Å². The molecule has 3 fully saturated rings. The number of aromatic nitrogens is 6. The minimum Gasteiger partial charge on any atom is -0.351 e. The smallest absolute Gasteiger partial charge is 0.329 e. The number of carbonyl (C=O) groups excluding carboxylic acids is 2. The minimum atomic E-state index is -3.81. The Hall–Kier alpha value is -5.88. The van der Waals surface area contributed by atoms with E-state index in [1.807, 2.05) is 31.6 Å². The maximum atomic E-state index is 13.8. The molecule has 0 aliphatic carbocycles. The van der Waals surface area contributed by atoms with Gasteiger partial charge in [-0.25, -0.2) is 22.9 Å². The summed E-state index contributed by atoms with van der Waals surface area (Å²) in [6.07, 6.45) is 6.78. The molecule has 3 amide bonds. The van der Waals surface area contributed by atoms with Crippen LogP contribution in [0.3, 0.4) is 0 Å². The fourth-order valence-electron chi connectivity index (χ4n) is 7.89. The molecule has 0 bridgehead atoms. The second-order valence-electron chi connectivity index (χ2n) is 15.1. The Bertz CT molecular complexity index is 2580. The summed E-state index contributed by atoms with van der Waals surface area (Å²) in [5, 5.41) is 26.3. The van der Waals surface area contributed by atoms with Gasteiger partial charge < -0.3 is 5.32 Å². The van der Waals surface area contributed by atoms with Gasteiger partial charge in [0.2, 0.25) is 21.9 Å². The first kappa shape index (κ1) is 38.0. The number of likely N-dealkylation sites (tertiary alicyclic amines) is 1. The SMILES string of the molecule is CC(C)n1ncc2cnc(NC3CCN(S(=O)(=O)c4ccc(C#N)c(C#CCN5CCC(c6ccc7c(N8CCC(=O)NC8=O)nn(C)c7c6)CC5)c4)CC3)nc21. The number of nitrogens with zero attached hydrogens (tertiary/aromatic N) is 10. The zero-order valence-electron chi connectivity index (χ0n) is 32.1. The lowest BCUT2D eigenvalue weighted by Gasteiger charge is -2.31. The molecule has 3 saturated heterocycles. The molecule has 0 unspecified atom stereocenters. The highest BCUT2D eigenvalue weighted by molar-refractivity contribution is 7.89. The van der Waals surface area contributed by atoms with Gasteiger partial charge in [0.1, 0.15) is 6.07 Å². The Morgan fingerprint density at radius 3 is 2.51 bits per heavy atom. The molecule has 0 radical (unpaired) electrons. The number of sulfonamides is 1. The summed E-state index contributed by atoms with van der Waals surface area (Å²) in [7, 11) is -1.95. The Kier molecular flexibility index (Phi) is 10.4. The van der Waals surface area contributed by atoms with Crippen molar-refractivity contribution in [2.24, 2.45) is 7.05 Å². The van der Waals surface area contributed by atoms with E-state index < -0.39 is 16.1 Å². The van der Waals surface area contributed by atoms with Gasteiger partial charge in [-0.3, -0.25) is 24.6 Å². The molecule has 3 aromatic heterocycles. The zero-order chi connectivity index (χ0) is 39.8. The van der Waals surface area contributed by atoms with Crippen LogP contribution in [-0.4, -0.2) is 104 Å². The van der Waals surface area contributed by atoms with Crippen LogP contribution in [0.1, 0.15) is 74.6 Å². The van der Waals surface area contributed by atoms with E-state index in [0.29, 0.717) is 67.8 Å². The number of anilines is 2. The van der Waals surface area contributed by atoms with Crippen LogP contribution < -0.4 is 15.5 Å². The minimum absolute atomic E-state index is 0.0138. The van der Waals surface area contributed by atoms with E-state index >= 15 is 0 Å². The van der Waals surface area contributed by atoms with Gasteiger partial charge in [0, 0.05) is 62.3 Å². The fourth-order valence-corrected chi connectivity index (χ4v) is 9.38. The first-order valence-electron chi connectivity index (χ1n) is 19.3. The summed E-state index contributed by atoms with van der Waals surface area (Å²) in [5.74, 6) is 7.41. The molecule has 2 aromatic carbocycles. The molecule has 0 spiro atoms. The second kappa shape index (κ2) is 15.6. The third-order valence-corrected chi connectivity index (χ3v) is 13.0. The summed E-state index contributed by atoms with van der Waals surface area (Å²) in [5.41, 5.74) is 3.62. The van der Waals surface area contributed by atoms with Crippen LogP contribution in [0.15, 0.2) is 53.7 Å². The Morgan fingerprint density at radius 2 is 1.77 bits per heavy atom. The maximum absolute atomic E-state index is 13.8. The molecular formula is C40H44N12O4S. The van der Waals surface area contributed by atoms with Crippen molar-refractivity contribution in [2.75, 3.05) is 49.5 Å². The fraction of sp³-hybridized carbons (Fsp3) is 0.425. The Morgan fingerprint density at radius 1 is 0.982 bits per heavy atom. The number of aryl methyl sites for hydroxylation is 1. The van der Waals surface area contributed by atoms with Crippen molar-refractivity contribution < 1.29 is 18.0 Å². The van der Waals surface area contributed by atoms with Crippen molar-refractivity contribution in [3.63, 3.8) is 0 Å². The molecular weight excluding hydrogens is 745 g/mol. The highest BCUT2D eigenvalue weighted by Crippen LogP contribution is 2.34. The Labute approximate surface area is 330 Å². The summed E-state index contributed by atoms with van der Waals surface area (Å²) in [6.45, 7) is 7.22. The van der Waals surface area contributed by atoms with Crippen molar-refractivity contribution in [3.8, 4) is 17.9 Å². The van der Waals surface area contributed by atoms with E-state index in [1.54, 1.807) is 17.1 Å². The normalized spacial score (nSPS) is 17.8. The van der Waals surface area contributed by atoms with Gasteiger partial charge in [-0.15, -0.1) is 0 Å². The summed E-state index contributed by atoms with van der Waals surface area (Å²) in [6, 6.07) is 12.7. The quantitative estimate of drug-likeness (QED) is 0.216. The monoisotopic (exact) mass is 788 g/mol. The summed E-state index contributed by atoms with van der Waals surface area (Å²) < 4.78 is 32.7. The molecule has 0 atom stereocenters. The van der Waals surface area contributed by atoms with Gasteiger partial charge in [-0.1, -0.05) is 17.9 Å². The van der Waals surface area contributed by atoms with Crippen molar-refractivity contribution in [1.29, 1.82) is 5.26 Å². The van der Waals surface area contributed by atoms with Crippen molar-refractivity contribution >= 4 is 55.7 Å². The van der Waals surface area contributed by atoms with Crippen LogP contribution >= 0.6 is 0 Å². The molecule has 16 nitrogen and oxygen atoms in total. The number of hydrogen-bond donors (Lipinski definition) is 2. The molecule has 6 heterocycles. The third-order valence-electron chi connectivity index (χ3n) is 11.1. The van der Waals surface area contributed by atoms with E-state index in [4.69, 9.17) is 0 Å². The molecule has 294 valence electrons. The molecule has 3 aliphatic heterocycles. The van der Waals surface area contributed by atoms with Crippen LogP contribution in [0, 0.1) is 23.2 Å². The number of piperidine rings is 2. The summed E-state index contributed by atoms with van der Waals surface area (Å²) >= 11 is 0. The number of benzene rings is 2. The van der Waals surface area contributed by atoms with Crippen LogP contribution in [0.2, 0.25) is 0 Å². The molecule has 3 aliphatic rings. The van der Waals surface area contributed by atoms with Crippen molar-refractivity contribution in [1.82, 2.24) is 44.1 Å². The van der Waals surface area contributed by atoms with E-state index in [9.17, 15) is 23.3 Å². The van der Waals surface area contributed by atoms with Gasteiger partial charge in [0.05, 0.1) is 34.1 Å². The number of imide groups is 1. The molecule has 57 heavy (non-hydrogen) atoms. The van der Waals surface area contributed by atoms with Crippen LogP contribution in [0.4, 0.5) is 16.6 Å². The third kappa shape index (κ3) is 7.66. The number of hydrogen-bond acceptors (Lipinski definition) is 11. The van der Waals surface area contributed by atoms with Gasteiger partial charge in [0.25, 0.3) is 0 Å². The topological polar surface area (TPSA) is 187 Å². The highest BCUT2D eigenvalue weighted by atomic mass is 32.2. The van der Waals surface area contributed by atoms with Crippen LogP contribution in [-0.2, 0) is 21.9 Å². The van der Waals surface area contributed by atoms with E-state index in [1.165, 1.54) is 33.0 Å². The molecule has 2 N–H and O–H groups in total. The lowest BCUT2D eigenvalue weighted by molar-refractivity contribution is -0.120. The molecule has 0 saturated carbocycles. The molecule has 17 heteroatoms. The number of rotatable bonds is 8. The molecule has 8 rings (SSSR count). The van der Waals surface area contributed by atoms with Gasteiger partial charge in [-0.2, -0.15) is 24.7 Å². The van der Waals surface area contributed by atoms with Crippen LogP contribution in [0.25, 0.3) is 21.9 Å². The number of urea groups is 1. The standard InChI is InChI=1S/C40H44N12O4S/c1-26(2)52-37-31(25-43-52)24-42-39(46-37)44-32-12-18-50(19-13-32)57(55,56)33-8-6-30(23-41)28(21-33)5-4-15-49-16-10-27(11-17-49)29-7-9-34-35(22-29)48(3)47-38(34)51-20-14-36(53)45-40(51)54/h6-9,21-22,24-27,32H,10-20H2,1-3H3,(H,42,44,46)(H,45,53,54). The van der Waals surface area contributed by atoms with Gasteiger partial charge >= 0.3 is 6.03 Å². The average Bonchev–Trinajstić information content (AvgIpc) is 3.78. The first-order valence-corrected chi connectivity index (χ1v) is 20.7. The van der Waals surface area contributed by atoms with Crippen molar-refractivity contribution in [3.05, 3.63) is 65.5 Å². The predicted molar refractivity (Wildman–Crippen MR) is 214 cm³/mol. The first-order chi connectivity index (χ1) is 27.5. The highest BCUT2D eigenvalue weighted by Gasteiger charge is 2.31. The number of nitriles is 1. The Balaban J connectivity index is 0.869. The number of amides is 3. The second-order valence-corrected chi connectivity index (χ2v) is 17.1. The average molecular weight is 789 g/mol.